The second-order valence-corrected chi connectivity index (χ2v) is 6.05. The van der Waals surface area contributed by atoms with Crippen LogP contribution in [-0.2, 0) is 11.3 Å². The third kappa shape index (κ3) is 4.64. The fraction of sp³-hybridized carbons (Fsp3) is 0.211. The Hall–Kier alpha value is -2.73. The van der Waals surface area contributed by atoms with Crippen LogP contribution in [0.1, 0.15) is 24.5 Å². The second-order valence-electron chi connectivity index (χ2n) is 5.11. The molecule has 0 aliphatic heterocycles. The lowest BCUT2D eigenvalue weighted by molar-refractivity contribution is -0.117. The van der Waals surface area contributed by atoms with Crippen LogP contribution in [0.2, 0.25) is 0 Å². The molecule has 0 fully saturated rings. The summed E-state index contributed by atoms with van der Waals surface area (Å²) in [6, 6.07) is 0. The van der Waals surface area contributed by atoms with E-state index in [1.54, 1.807) is 24.3 Å². The molecule has 0 aromatic carbocycles. The fourth-order valence-electron chi connectivity index (χ4n) is 2.24. The van der Waals surface area contributed by atoms with E-state index >= 15 is 0 Å². The van der Waals surface area contributed by atoms with E-state index in [2.05, 4.69) is 21.9 Å². The number of aliphatic hydroxyl groups excluding tert-OH is 1. The number of hydrogen-bond acceptors (Lipinski definition) is 5. The number of hydrogen-bond donors (Lipinski definition) is 2. The molecule has 0 spiro atoms. The third-order valence-corrected chi connectivity index (χ3v) is 4.29. The molecule has 2 N–H and O–H groups in total. The van der Waals surface area contributed by atoms with Crippen molar-refractivity contribution in [1.82, 2.24) is 10.3 Å². The van der Waals surface area contributed by atoms with Crippen LogP contribution in [0.5, 0.6) is 0 Å². The Morgan fingerprint density at radius 2 is 2.28 bits per heavy atom. The summed E-state index contributed by atoms with van der Waals surface area (Å²) in [6.07, 6.45) is 10.6. The lowest BCUT2D eigenvalue weighted by Gasteiger charge is -2.15. The van der Waals surface area contributed by atoms with Crippen LogP contribution < -0.4 is 5.32 Å². The normalized spacial score (nSPS) is 17.7. The van der Waals surface area contributed by atoms with Crippen molar-refractivity contribution in [3.8, 4) is 0 Å². The minimum absolute atomic E-state index is 0.0938. The summed E-state index contributed by atoms with van der Waals surface area (Å²) in [5.41, 5.74) is 2.28. The van der Waals surface area contributed by atoms with Gasteiger partial charge in [-0.2, -0.15) is 0 Å². The molecule has 25 heavy (non-hydrogen) atoms. The summed E-state index contributed by atoms with van der Waals surface area (Å²) < 4.78 is 0. The molecule has 0 saturated heterocycles. The molecular formula is C19H21N3O2S. The van der Waals surface area contributed by atoms with Crippen molar-refractivity contribution < 1.29 is 9.90 Å². The Balaban J connectivity index is 2.10. The van der Waals surface area contributed by atoms with Crippen molar-refractivity contribution in [2.45, 2.75) is 20.4 Å². The number of amides is 1. The van der Waals surface area contributed by atoms with E-state index in [4.69, 9.17) is 0 Å². The van der Waals surface area contributed by atoms with Gasteiger partial charge in [0.25, 0.3) is 5.91 Å². The average molecular weight is 355 g/mol. The summed E-state index contributed by atoms with van der Waals surface area (Å²) in [5, 5.41) is 15.9. The van der Waals surface area contributed by atoms with E-state index in [-0.39, 0.29) is 17.2 Å². The zero-order chi connectivity index (χ0) is 18.2. The number of allylic oxidation sites excluding steroid dienone is 5. The fourth-order valence-corrected chi connectivity index (χ4v) is 2.94. The Morgan fingerprint density at radius 1 is 1.48 bits per heavy atom. The maximum Gasteiger partial charge on any atom is 0.255 e. The van der Waals surface area contributed by atoms with Crippen LogP contribution >= 0.6 is 11.3 Å². The summed E-state index contributed by atoms with van der Waals surface area (Å²) in [6.45, 7) is 8.19. The van der Waals surface area contributed by atoms with Gasteiger partial charge < -0.3 is 10.4 Å². The van der Waals surface area contributed by atoms with Crippen molar-refractivity contribution in [1.29, 1.82) is 0 Å². The minimum atomic E-state index is -0.355. The number of nitrogens with one attached hydrogen (secondary N) is 1. The molecule has 1 heterocycles. The molecule has 1 amide bonds. The summed E-state index contributed by atoms with van der Waals surface area (Å²) >= 11 is 1.46. The maximum atomic E-state index is 12.4. The van der Waals surface area contributed by atoms with Crippen molar-refractivity contribution in [2.24, 2.45) is 4.99 Å². The summed E-state index contributed by atoms with van der Waals surface area (Å²) in [7, 11) is 0. The molecule has 2 rings (SSSR count). The topological polar surface area (TPSA) is 74.6 Å². The lowest BCUT2D eigenvalue weighted by Crippen LogP contribution is -2.27. The zero-order valence-electron chi connectivity index (χ0n) is 14.3. The van der Waals surface area contributed by atoms with Gasteiger partial charge in [-0.25, -0.2) is 4.98 Å². The number of thiazole rings is 1. The standard InChI is InChI=1S/C19H21N3O2S/c1-4-7-8-14-12-25-16(22-14)11-21-19(24)15-10-9-13(5-2)17(18(15)23)20-6-3/h4-5,7-10,12,23H,1,6,11H2,2-3H3,(H,21,24)/b8-7-,13-5-,20-17?. The van der Waals surface area contributed by atoms with Crippen molar-refractivity contribution in [3.05, 3.63) is 69.9 Å². The summed E-state index contributed by atoms with van der Waals surface area (Å²) in [5.74, 6) is -0.449. The second kappa shape index (κ2) is 8.94. The first-order valence-corrected chi connectivity index (χ1v) is 8.83. The Labute approximate surface area is 151 Å². The van der Waals surface area contributed by atoms with Crippen LogP contribution in [0.15, 0.2) is 64.2 Å². The molecule has 1 aliphatic rings. The van der Waals surface area contributed by atoms with Gasteiger partial charge in [-0.05, 0) is 31.6 Å². The van der Waals surface area contributed by atoms with Gasteiger partial charge in [0, 0.05) is 11.9 Å². The number of aromatic nitrogens is 1. The van der Waals surface area contributed by atoms with Crippen LogP contribution in [0, 0.1) is 0 Å². The monoisotopic (exact) mass is 355 g/mol. The molecule has 0 saturated carbocycles. The van der Waals surface area contributed by atoms with Crippen molar-refractivity contribution in [3.63, 3.8) is 0 Å². The predicted molar refractivity (Wildman–Crippen MR) is 104 cm³/mol. The first kappa shape index (κ1) is 18.6. The molecule has 0 radical (unpaired) electrons. The van der Waals surface area contributed by atoms with Crippen molar-refractivity contribution >= 4 is 29.0 Å². The van der Waals surface area contributed by atoms with E-state index in [1.807, 2.05) is 31.4 Å². The van der Waals surface area contributed by atoms with Gasteiger partial charge in [0.15, 0.2) is 5.76 Å². The third-order valence-electron chi connectivity index (χ3n) is 3.43. The molecule has 1 aromatic heterocycles. The Bertz CT molecular complexity index is 810. The molecule has 5 nitrogen and oxygen atoms in total. The number of carbonyl (C=O) groups is 1. The molecule has 0 unspecified atom stereocenters. The molecule has 130 valence electrons. The van der Waals surface area contributed by atoms with Gasteiger partial charge >= 0.3 is 0 Å². The average Bonchev–Trinajstić information content (AvgIpc) is 3.07. The van der Waals surface area contributed by atoms with Crippen molar-refractivity contribution in [2.75, 3.05) is 6.54 Å². The zero-order valence-corrected chi connectivity index (χ0v) is 15.1. The quantitative estimate of drug-likeness (QED) is 0.763. The van der Waals surface area contributed by atoms with E-state index in [1.165, 1.54) is 11.3 Å². The SMILES string of the molecule is C=C/C=C\c1csc(CNC(=O)C2=C(O)C(=NCC)/C(=C\C)C=C2)n1. The molecular weight excluding hydrogens is 334 g/mol. The van der Waals surface area contributed by atoms with Gasteiger partial charge in [-0.1, -0.05) is 30.9 Å². The van der Waals surface area contributed by atoms with Gasteiger partial charge in [-0.3, -0.25) is 9.79 Å². The largest absolute Gasteiger partial charge is 0.505 e. The number of aliphatic hydroxyl groups is 1. The van der Waals surface area contributed by atoms with Crippen LogP contribution in [0.25, 0.3) is 6.08 Å². The highest BCUT2D eigenvalue weighted by Gasteiger charge is 2.22. The first-order chi connectivity index (χ1) is 12.1. The highest BCUT2D eigenvalue weighted by atomic mass is 32.1. The number of carbonyl (C=O) groups excluding carboxylic acids is 1. The van der Waals surface area contributed by atoms with Crippen LogP contribution in [0.4, 0.5) is 0 Å². The smallest absolute Gasteiger partial charge is 0.255 e. The molecule has 1 aromatic rings. The van der Waals surface area contributed by atoms with Gasteiger partial charge in [0.05, 0.1) is 17.8 Å². The Kier molecular flexibility index (Phi) is 6.65. The van der Waals surface area contributed by atoms with E-state index in [0.717, 1.165) is 16.3 Å². The summed E-state index contributed by atoms with van der Waals surface area (Å²) in [4.78, 5) is 21.1. The van der Waals surface area contributed by atoms with Gasteiger partial charge in [-0.15, -0.1) is 11.3 Å². The van der Waals surface area contributed by atoms with Crippen LogP contribution in [-0.4, -0.2) is 28.3 Å². The minimum Gasteiger partial charge on any atom is -0.505 e. The van der Waals surface area contributed by atoms with Gasteiger partial charge in [0.2, 0.25) is 0 Å². The highest BCUT2D eigenvalue weighted by Crippen LogP contribution is 2.20. The molecule has 0 atom stereocenters. The number of aliphatic imine (C=N–C) groups is 1. The molecule has 0 bridgehead atoms. The Morgan fingerprint density at radius 3 is 2.96 bits per heavy atom. The first-order valence-electron chi connectivity index (χ1n) is 7.95. The van der Waals surface area contributed by atoms with E-state index < -0.39 is 0 Å². The number of rotatable bonds is 6. The van der Waals surface area contributed by atoms with E-state index in [0.29, 0.717) is 18.8 Å². The van der Waals surface area contributed by atoms with E-state index in [9.17, 15) is 9.90 Å². The van der Waals surface area contributed by atoms with Crippen LogP contribution in [0.3, 0.4) is 0 Å². The predicted octanol–water partition coefficient (Wildman–Crippen LogP) is 3.75. The van der Waals surface area contributed by atoms with Gasteiger partial charge in [0.1, 0.15) is 10.7 Å². The number of nitrogens with zero attached hydrogens (tertiary/aromatic N) is 2. The lowest BCUT2D eigenvalue weighted by atomic mass is 9.97. The molecule has 6 heteroatoms. The maximum absolute atomic E-state index is 12.4. The molecule has 1 aliphatic carbocycles. The highest BCUT2D eigenvalue weighted by molar-refractivity contribution is 7.09.